The Morgan fingerprint density at radius 1 is 1.00 bits per heavy atom. The van der Waals surface area contributed by atoms with Gasteiger partial charge in [-0.25, -0.2) is 4.79 Å². The number of hydrogen-bond acceptors (Lipinski definition) is 2. The van der Waals surface area contributed by atoms with Gasteiger partial charge >= 0.3 is 5.69 Å². The summed E-state index contributed by atoms with van der Waals surface area (Å²) in [6.45, 7) is 1.55. The third-order valence-corrected chi connectivity index (χ3v) is 4.84. The maximum absolute atomic E-state index is 12.0. The molecule has 0 bridgehead atoms. The molecule has 0 spiro atoms. The fraction of sp³-hybridized carbons (Fsp3) is 0.278. The molecule has 1 heterocycles. The van der Waals surface area contributed by atoms with E-state index in [0.29, 0.717) is 10.0 Å². The molecule has 0 aliphatic heterocycles. The van der Waals surface area contributed by atoms with E-state index in [-0.39, 0.29) is 18.1 Å². The zero-order chi connectivity index (χ0) is 17.3. The minimum absolute atomic E-state index is 0. The van der Waals surface area contributed by atoms with Gasteiger partial charge in [0.2, 0.25) is 0 Å². The molecule has 0 fully saturated rings. The van der Waals surface area contributed by atoms with Gasteiger partial charge in [-0.15, -0.1) is 12.4 Å². The van der Waals surface area contributed by atoms with Gasteiger partial charge < -0.3 is 5.32 Å². The quantitative estimate of drug-likeness (QED) is 0.659. The van der Waals surface area contributed by atoms with Crippen LogP contribution in [0.5, 0.6) is 0 Å². The molecule has 134 valence electrons. The van der Waals surface area contributed by atoms with Crippen molar-refractivity contribution < 1.29 is 0 Å². The van der Waals surface area contributed by atoms with Crippen LogP contribution in [0.1, 0.15) is 11.1 Å². The average molecular weight is 401 g/mol. The van der Waals surface area contributed by atoms with E-state index in [9.17, 15) is 4.79 Å². The number of aromatic nitrogens is 2. The first-order valence-corrected chi connectivity index (χ1v) is 8.52. The maximum Gasteiger partial charge on any atom is 0.328 e. The van der Waals surface area contributed by atoms with Gasteiger partial charge in [0.05, 0.1) is 11.0 Å². The van der Waals surface area contributed by atoms with Gasteiger partial charge in [0.15, 0.2) is 0 Å². The third kappa shape index (κ3) is 4.21. The standard InChI is InChI=1S/C18H19Cl2N3O.ClH/c1-22-16-6-3-12(9-17(16)23(2)18(22)24)11-21-8-7-13-4-5-14(19)10-15(13)20;/h3-6,9-10,21H,7-8,11H2,1-2H3;1H. The number of fused-ring (bicyclic) bond motifs is 1. The Morgan fingerprint density at radius 3 is 2.44 bits per heavy atom. The third-order valence-electron chi connectivity index (χ3n) is 4.25. The van der Waals surface area contributed by atoms with Crippen LogP contribution in [0.15, 0.2) is 41.2 Å². The first-order valence-electron chi connectivity index (χ1n) is 7.76. The Morgan fingerprint density at radius 2 is 1.72 bits per heavy atom. The molecule has 2 aromatic carbocycles. The predicted molar refractivity (Wildman–Crippen MR) is 107 cm³/mol. The Bertz CT molecular complexity index is 947. The molecule has 3 aromatic rings. The van der Waals surface area contributed by atoms with Crippen LogP contribution in [0.2, 0.25) is 10.0 Å². The van der Waals surface area contributed by atoms with Crippen molar-refractivity contribution >= 4 is 46.6 Å². The predicted octanol–water partition coefficient (Wildman–Crippen LogP) is 3.94. The Kier molecular flexibility index (Phi) is 6.58. The molecule has 3 rings (SSSR count). The van der Waals surface area contributed by atoms with Gasteiger partial charge in [0.25, 0.3) is 0 Å². The fourth-order valence-electron chi connectivity index (χ4n) is 2.84. The number of benzene rings is 2. The second kappa shape index (κ2) is 8.28. The van der Waals surface area contributed by atoms with Gasteiger partial charge in [-0.1, -0.05) is 35.3 Å². The first kappa shape index (κ1) is 19.9. The highest BCUT2D eigenvalue weighted by molar-refractivity contribution is 6.35. The highest BCUT2D eigenvalue weighted by atomic mass is 35.5. The molecule has 0 saturated carbocycles. The van der Waals surface area contributed by atoms with E-state index < -0.39 is 0 Å². The van der Waals surface area contributed by atoms with Crippen molar-refractivity contribution in [2.45, 2.75) is 13.0 Å². The van der Waals surface area contributed by atoms with Gasteiger partial charge in [-0.2, -0.15) is 0 Å². The number of halogens is 3. The van der Waals surface area contributed by atoms with Crippen LogP contribution in [0.4, 0.5) is 0 Å². The maximum atomic E-state index is 12.0. The molecule has 0 unspecified atom stereocenters. The van der Waals surface area contributed by atoms with Crippen molar-refractivity contribution in [1.82, 2.24) is 14.5 Å². The summed E-state index contributed by atoms with van der Waals surface area (Å²) in [6, 6.07) is 11.7. The molecular formula is C18H20Cl3N3O. The smallest absolute Gasteiger partial charge is 0.312 e. The molecule has 4 nitrogen and oxygen atoms in total. The minimum Gasteiger partial charge on any atom is -0.312 e. The lowest BCUT2D eigenvalue weighted by Crippen LogP contribution is -2.19. The highest BCUT2D eigenvalue weighted by Crippen LogP contribution is 2.21. The monoisotopic (exact) mass is 399 g/mol. The summed E-state index contributed by atoms with van der Waals surface area (Å²) < 4.78 is 3.33. The second-order valence-corrected chi connectivity index (χ2v) is 6.73. The summed E-state index contributed by atoms with van der Waals surface area (Å²) in [7, 11) is 3.59. The Labute approximate surface area is 162 Å². The molecule has 0 atom stereocenters. The molecule has 0 aliphatic rings. The topological polar surface area (TPSA) is 39.0 Å². The number of nitrogens with one attached hydrogen (secondary N) is 1. The summed E-state index contributed by atoms with van der Waals surface area (Å²) in [5.41, 5.74) is 4.11. The summed E-state index contributed by atoms with van der Waals surface area (Å²) in [6.07, 6.45) is 0.835. The summed E-state index contributed by atoms with van der Waals surface area (Å²) in [5, 5.41) is 4.76. The Balaban J connectivity index is 0.00000225. The lowest BCUT2D eigenvalue weighted by Gasteiger charge is -2.07. The van der Waals surface area contributed by atoms with Crippen molar-refractivity contribution in [3.63, 3.8) is 0 Å². The Hall–Kier alpha value is -1.46. The zero-order valence-electron chi connectivity index (χ0n) is 14.1. The van der Waals surface area contributed by atoms with Crippen LogP contribution >= 0.6 is 35.6 Å². The molecule has 25 heavy (non-hydrogen) atoms. The van der Waals surface area contributed by atoms with E-state index >= 15 is 0 Å². The number of rotatable bonds is 5. The molecule has 0 radical (unpaired) electrons. The van der Waals surface area contributed by atoms with E-state index in [2.05, 4.69) is 11.4 Å². The molecule has 0 amide bonds. The van der Waals surface area contributed by atoms with Crippen LogP contribution in [0.3, 0.4) is 0 Å². The lowest BCUT2D eigenvalue weighted by atomic mass is 10.1. The molecule has 7 heteroatoms. The average Bonchev–Trinajstić information content (AvgIpc) is 2.78. The summed E-state index contributed by atoms with van der Waals surface area (Å²) >= 11 is 12.1. The van der Waals surface area contributed by atoms with E-state index in [4.69, 9.17) is 23.2 Å². The molecule has 1 N–H and O–H groups in total. The minimum atomic E-state index is -0.00695. The van der Waals surface area contributed by atoms with E-state index in [0.717, 1.165) is 41.7 Å². The highest BCUT2D eigenvalue weighted by Gasteiger charge is 2.08. The van der Waals surface area contributed by atoms with Crippen molar-refractivity contribution in [2.24, 2.45) is 14.1 Å². The number of nitrogens with zero attached hydrogens (tertiary/aromatic N) is 2. The van der Waals surface area contributed by atoms with Gasteiger partial charge in [0.1, 0.15) is 0 Å². The van der Waals surface area contributed by atoms with E-state index in [1.807, 2.05) is 24.3 Å². The van der Waals surface area contributed by atoms with Crippen molar-refractivity contribution in [3.8, 4) is 0 Å². The van der Waals surface area contributed by atoms with Crippen LogP contribution in [-0.2, 0) is 27.1 Å². The van der Waals surface area contributed by atoms with Crippen molar-refractivity contribution in [1.29, 1.82) is 0 Å². The van der Waals surface area contributed by atoms with Gasteiger partial charge in [-0.05, 0) is 48.4 Å². The molecule has 0 saturated heterocycles. The largest absolute Gasteiger partial charge is 0.328 e. The number of aryl methyl sites for hydroxylation is 2. The van der Waals surface area contributed by atoms with Crippen LogP contribution in [0, 0.1) is 0 Å². The van der Waals surface area contributed by atoms with Gasteiger partial charge in [0, 0.05) is 30.7 Å². The molecular weight excluding hydrogens is 381 g/mol. The number of hydrogen-bond donors (Lipinski definition) is 1. The van der Waals surface area contributed by atoms with Crippen LogP contribution < -0.4 is 11.0 Å². The van der Waals surface area contributed by atoms with Crippen LogP contribution in [-0.4, -0.2) is 15.7 Å². The molecule has 1 aromatic heterocycles. The van der Waals surface area contributed by atoms with Crippen LogP contribution in [0.25, 0.3) is 11.0 Å². The normalized spacial score (nSPS) is 10.9. The first-order chi connectivity index (χ1) is 11.5. The SMILES string of the molecule is Cl.Cn1c(=O)n(C)c2cc(CNCCc3ccc(Cl)cc3Cl)ccc21. The lowest BCUT2D eigenvalue weighted by molar-refractivity contribution is 0.687. The van der Waals surface area contributed by atoms with E-state index in [1.54, 1.807) is 29.3 Å². The summed E-state index contributed by atoms with van der Waals surface area (Å²) in [5.74, 6) is 0. The van der Waals surface area contributed by atoms with E-state index in [1.165, 1.54) is 0 Å². The van der Waals surface area contributed by atoms with Gasteiger partial charge in [-0.3, -0.25) is 9.13 Å². The zero-order valence-corrected chi connectivity index (χ0v) is 16.4. The van der Waals surface area contributed by atoms with Crippen molar-refractivity contribution in [2.75, 3.05) is 6.54 Å². The summed E-state index contributed by atoms with van der Waals surface area (Å²) in [4.78, 5) is 12.0. The second-order valence-electron chi connectivity index (χ2n) is 5.89. The number of imidazole rings is 1. The fourth-order valence-corrected chi connectivity index (χ4v) is 3.35. The van der Waals surface area contributed by atoms with Crippen molar-refractivity contribution in [3.05, 3.63) is 68.1 Å². The molecule has 0 aliphatic carbocycles.